The molecule has 3 N–H and O–H groups in total. The number of amides is 2. The van der Waals surface area contributed by atoms with Gasteiger partial charge in [-0.05, 0) is 50.1 Å². The first kappa shape index (κ1) is 33.3. The van der Waals surface area contributed by atoms with Gasteiger partial charge in [-0.15, -0.1) is 11.3 Å². The van der Waals surface area contributed by atoms with Crippen molar-refractivity contribution in [1.29, 1.82) is 0 Å². The molecule has 0 aliphatic carbocycles. The van der Waals surface area contributed by atoms with Crippen molar-refractivity contribution in [2.24, 2.45) is 5.73 Å². The number of nitrogens with zero attached hydrogens (tertiary/aromatic N) is 2. The van der Waals surface area contributed by atoms with E-state index in [-0.39, 0.29) is 51.0 Å². The van der Waals surface area contributed by atoms with Gasteiger partial charge in [0.25, 0.3) is 5.91 Å². The molecule has 17 heteroatoms. The molecule has 0 saturated heterocycles. The number of primary amides is 1. The number of aromatic nitrogens is 2. The summed E-state index contributed by atoms with van der Waals surface area (Å²) in [6, 6.07) is 4.75. The Kier molecular flexibility index (Phi) is 10.3. The smallest absolute Gasteiger partial charge is 0.433 e. The Morgan fingerprint density at radius 1 is 1.07 bits per heavy atom. The molecule has 232 valence electrons. The molecular formula is C26H27F3N4O8S2. The van der Waals surface area contributed by atoms with Gasteiger partial charge in [0.15, 0.2) is 11.5 Å². The number of hydrogen-bond donors (Lipinski definition) is 2. The minimum absolute atomic E-state index is 0.0262. The number of ether oxygens (including phenoxy) is 3. The van der Waals surface area contributed by atoms with Crippen molar-refractivity contribution in [3.05, 3.63) is 46.0 Å². The van der Waals surface area contributed by atoms with E-state index in [0.717, 1.165) is 11.3 Å². The van der Waals surface area contributed by atoms with Gasteiger partial charge in [0, 0.05) is 12.0 Å². The van der Waals surface area contributed by atoms with E-state index >= 15 is 0 Å². The number of nitrogens with one attached hydrogen (secondary N) is 1. The highest BCUT2D eigenvalue weighted by Crippen LogP contribution is 2.36. The quantitative estimate of drug-likeness (QED) is 0.216. The highest BCUT2D eigenvalue weighted by atomic mass is 32.2. The number of carbonyl (C=O) groups excluding carboxylic acids is 3. The third kappa shape index (κ3) is 7.78. The molecule has 0 atom stereocenters. The van der Waals surface area contributed by atoms with Gasteiger partial charge in [-0.25, -0.2) is 23.2 Å². The van der Waals surface area contributed by atoms with Gasteiger partial charge in [-0.3, -0.25) is 9.59 Å². The van der Waals surface area contributed by atoms with Gasteiger partial charge in [-0.2, -0.15) is 13.2 Å². The summed E-state index contributed by atoms with van der Waals surface area (Å²) in [5, 5.41) is 1.33. The molecule has 0 fully saturated rings. The van der Waals surface area contributed by atoms with Crippen LogP contribution in [0.25, 0.3) is 11.3 Å². The number of nitrogens with two attached hydrogens (primary N) is 1. The number of hydrogen-bond acceptors (Lipinski definition) is 11. The standard InChI is InChI=1S/C26H27F3N4O8S2/c1-5-41-24(36)21-13(2)20(22(30)35)23(42-21)33-19(34)7-6-10-43(37,38)25-31-15(12-18(32-25)26(27,28)29)14-8-9-16(39-3)17(11-14)40-4/h8-9,11-12H,5-7,10H2,1-4H3,(H2,30,35)(H,33,34). The number of alkyl halides is 3. The van der Waals surface area contributed by atoms with Crippen LogP contribution in [0, 0.1) is 6.92 Å². The van der Waals surface area contributed by atoms with Crippen LogP contribution in [0.1, 0.15) is 51.1 Å². The molecule has 0 radical (unpaired) electrons. The zero-order valence-electron chi connectivity index (χ0n) is 23.3. The maximum Gasteiger partial charge on any atom is 0.433 e. The third-order valence-corrected chi connectivity index (χ3v) is 8.63. The van der Waals surface area contributed by atoms with Crippen molar-refractivity contribution >= 4 is 44.0 Å². The fourth-order valence-corrected chi connectivity index (χ4v) is 6.15. The van der Waals surface area contributed by atoms with E-state index in [4.69, 9.17) is 19.9 Å². The SMILES string of the molecule is CCOC(=O)c1sc(NC(=O)CCCS(=O)(=O)c2nc(-c3ccc(OC)c(OC)c3)cc(C(F)(F)F)n2)c(C(N)=O)c1C. The van der Waals surface area contributed by atoms with Crippen molar-refractivity contribution in [1.82, 2.24) is 9.97 Å². The van der Waals surface area contributed by atoms with Crippen LogP contribution in [0.5, 0.6) is 11.5 Å². The molecule has 0 unspecified atom stereocenters. The molecule has 3 rings (SSSR count). The Morgan fingerprint density at radius 3 is 2.33 bits per heavy atom. The van der Waals surface area contributed by atoms with E-state index in [1.807, 2.05) is 0 Å². The van der Waals surface area contributed by atoms with Gasteiger partial charge in [0.05, 0.1) is 37.8 Å². The zero-order valence-corrected chi connectivity index (χ0v) is 25.0. The van der Waals surface area contributed by atoms with E-state index < -0.39 is 56.8 Å². The number of thiophene rings is 1. The summed E-state index contributed by atoms with van der Waals surface area (Å²) < 4.78 is 82.2. The van der Waals surface area contributed by atoms with Gasteiger partial charge in [0.1, 0.15) is 15.6 Å². The number of benzene rings is 1. The van der Waals surface area contributed by atoms with E-state index in [2.05, 4.69) is 15.3 Å². The fraction of sp³-hybridized carbons (Fsp3) is 0.346. The number of anilines is 1. The molecule has 0 saturated carbocycles. The Morgan fingerprint density at radius 2 is 1.74 bits per heavy atom. The van der Waals surface area contributed by atoms with Crippen LogP contribution in [-0.2, 0) is 25.5 Å². The highest BCUT2D eigenvalue weighted by Gasteiger charge is 2.35. The molecule has 43 heavy (non-hydrogen) atoms. The van der Waals surface area contributed by atoms with Crippen LogP contribution >= 0.6 is 11.3 Å². The first-order chi connectivity index (χ1) is 20.1. The summed E-state index contributed by atoms with van der Waals surface area (Å²) in [6.45, 7) is 3.12. The zero-order chi connectivity index (χ0) is 32.1. The molecule has 0 aliphatic heterocycles. The van der Waals surface area contributed by atoms with Crippen LogP contribution < -0.4 is 20.5 Å². The number of rotatable bonds is 12. The number of halogens is 3. The lowest BCUT2D eigenvalue weighted by atomic mass is 10.1. The first-order valence-electron chi connectivity index (χ1n) is 12.4. The van der Waals surface area contributed by atoms with Crippen molar-refractivity contribution in [3.63, 3.8) is 0 Å². The Balaban J connectivity index is 1.83. The van der Waals surface area contributed by atoms with Crippen LogP contribution in [0.15, 0.2) is 29.4 Å². The Labute approximate surface area is 248 Å². The predicted molar refractivity (Wildman–Crippen MR) is 149 cm³/mol. The number of methoxy groups -OCH3 is 2. The van der Waals surface area contributed by atoms with Crippen molar-refractivity contribution in [3.8, 4) is 22.8 Å². The summed E-state index contributed by atoms with van der Waals surface area (Å²) in [6.07, 6.45) is -5.73. The molecule has 12 nitrogen and oxygen atoms in total. The van der Waals surface area contributed by atoms with Gasteiger partial charge in [-0.1, -0.05) is 0 Å². The van der Waals surface area contributed by atoms with Crippen molar-refractivity contribution < 1.29 is 50.2 Å². The van der Waals surface area contributed by atoms with Gasteiger partial charge in [0.2, 0.25) is 20.9 Å². The summed E-state index contributed by atoms with van der Waals surface area (Å²) in [7, 11) is -1.81. The first-order valence-corrected chi connectivity index (χ1v) is 14.9. The molecule has 2 aromatic heterocycles. The maximum atomic E-state index is 13.6. The molecule has 3 aromatic rings. The Bertz CT molecular complexity index is 1660. The van der Waals surface area contributed by atoms with Crippen LogP contribution in [-0.4, -0.2) is 62.7 Å². The highest BCUT2D eigenvalue weighted by molar-refractivity contribution is 7.91. The summed E-state index contributed by atoms with van der Waals surface area (Å²) in [5.74, 6) is -2.65. The second-order valence-electron chi connectivity index (χ2n) is 8.80. The van der Waals surface area contributed by atoms with Gasteiger partial charge >= 0.3 is 12.1 Å². The van der Waals surface area contributed by atoms with Crippen molar-refractivity contribution in [2.45, 2.75) is 38.0 Å². The van der Waals surface area contributed by atoms with Crippen molar-refractivity contribution in [2.75, 3.05) is 31.9 Å². The maximum absolute atomic E-state index is 13.6. The Hall–Kier alpha value is -4.25. The second-order valence-corrected chi connectivity index (χ2v) is 11.8. The molecule has 2 amide bonds. The summed E-state index contributed by atoms with van der Waals surface area (Å²) in [5.41, 5.74) is 3.81. The fourth-order valence-electron chi connectivity index (χ4n) is 3.85. The van der Waals surface area contributed by atoms with Crippen LogP contribution in [0.2, 0.25) is 0 Å². The predicted octanol–water partition coefficient (Wildman–Crippen LogP) is 4.02. The molecule has 2 heterocycles. The molecular weight excluding hydrogens is 617 g/mol. The molecule has 0 spiro atoms. The van der Waals surface area contributed by atoms with Gasteiger partial charge < -0.3 is 25.3 Å². The summed E-state index contributed by atoms with van der Waals surface area (Å²) in [4.78, 5) is 43.9. The van der Waals surface area contributed by atoms with E-state index in [1.54, 1.807) is 6.92 Å². The lowest BCUT2D eigenvalue weighted by Gasteiger charge is -2.13. The second kappa shape index (κ2) is 13.4. The minimum Gasteiger partial charge on any atom is -0.493 e. The monoisotopic (exact) mass is 644 g/mol. The third-order valence-electron chi connectivity index (χ3n) is 5.88. The van der Waals surface area contributed by atoms with Crippen LogP contribution in [0.3, 0.4) is 0 Å². The van der Waals surface area contributed by atoms with E-state index in [1.165, 1.54) is 39.3 Å². The summed E-state index contributed by atoms with van der Waals surface area (Å²) >= 11 is 0.766. The molecule has 0 aliphatic rings. The topological polar surface area (TPSA) is 177 Å². The average Bonchev–Trinajstić information content (AvgIpc) is 3.27. The normalized spacial score (nSPS) is 11.6. The number of sulfone groups is 1. The number of esters is 1. The average molecular weight is 645 g/mol. The van der Waals surface area contributed by atoms with E-state index in [9.17, 15) is 36.0 Å². The lowest BCUT2D eigenvalue weighted by molar-refractivity contribution is -0.141. The van der Waals surface area contributed by atoms with Crippen LogP contribution in [0.4, 0.5) is 18.2 Å². The largest absolute Gasteiger partial charge is 0.493 e. The lowest BCUT2D eigenvalue weighted by Crippen LogP contribution is -2.19. The number of carbonyl (C=O) groups is 3. The molecule has 0 bridgehead atoms. The molecule has 1 aromatic carbocycles. The minimum atomic E-state index is -4.99. The van der Waals surface area contributed by atoms with E-state index in [0.29, 0.717) is 11.8 Å².